The third kappa shape index (κ3) is 8.01. The lowest BCUT2D eigenvalue weighted by Gasteiger charge is -2.12. The molecule has 5 aromatic rings. The molecule has 204 valence electrons. The van der Waals surface area contributed by atoms with Crippen LogP contribution in [0.1, 0.15) is 15.2 Å². The first-order chi connectivity index (χ1) is 20.0. The molecule has 0 saturated carbocycles. The van der Waals surface area contributed by atoms with Gasteiger partial charge < -0.3 is 16.0 Å². The Labute approximate surface area is 249 Å². The maximum absolute atomic E-state index is 13.2. The predicted molar refractivity (Wildman–Crippen MR) is 168 cm³/mol. The van der Waals surface area contributed by atoms with E-state index in [0.717, 1.165) is 21.0 Å². The number of nitrogens with one attached hydrogen (secondary N) is 3. The highest BCUT2D eigenvalue weighted by Gasteiger charge is 2.16. The number of anilines is 2. The fourth-order valence-electron chi connectivity index (χ4n) is 3.70. The van der Waals surface area contributed by atoms with Crippen LogP contribution in [0.15, 0.2) is 118 Å². The molecule has 41 heavy (non-hydrogen) atoms. The second kappa shape index (κ2) is 13.7. The summed E-state index contributed by atoms with van der Waals surface area (Å²) in [5.41, 5.74) is 2.92. The van der Waals surface area contributed by atoms with Crippen molar-refractivity contribution in [2.45, 2.75) is 4.90 Å². The highest BCUT2D eigenvalue weighted by molar-refractivity contribution is 8.00. The molecule has 3 aromatic carbocycles. The average molecular weight is 597 g/mol. The summed E-state index contributed by atoms with van der Waals surface area (Å²) < 4.78 is 0. The molecule has 0 radical (unpaired) electrons. The first-order valence-corrected chi connectivity index (χ1v) is 15.2. The van der Waals surface area contributed by atoms with E-state index < -0.39 is 5.91 Å². The normalized spacial score (nSPS) is 11.1. The second-order valence-corrected chi connectivity index (χ2v) is 11.5. The van der Waals surface area contributed by atoms with E-state index in [1.165, 1.54) is 34.4 Å². The minimum Gasteiger partial charge on any atom is -0.321 e. The molecule has 0 aliphatic rings. The van der Waals surface area contributed by atoms with Gasteiger partial charge in [-0.15, -0.1) is 34.4 Å². The number of thiophene rings is 1. The summed E-state index contributed by atoms with van der Waals surface area (Å²) in [4.78, 5) is 44.7. The third-order valence-electron chi connectivity index (χ3n) is 5.64. The molecule has 0 unspecified atom stereocenters. The van der Waals surface area contributed by atoms with Gasteiger partial charge in [-0.1, -0.05) is 60.7 Å². The number of carbonyl (C=O) groups excluding carboxylic acids is 3. The maximum Gasteiger partial charge on any atom is 0.272 e. The number of rotatable bonds is 10. The van der Waals surface area contributed by atoms with Gasteiger partial charge >= 0.3 is 0 Å². The molecule has 2 heterocycles. The molecule has 5 rings (SSSR count). The summed E-state index contributed by atoms with van der Waals surface area (Å²) in [6.07, 6.45) is 1.64. The van der Waals surface area contributed by atoms with Crippen LogP contribution in [0.4, 0.5) is 10.8 Å². The van der Waals surface area contributed by atoms with E-state index in [9.17, 15) is 14.4 Å². The zero-order valence-electron chi connectivity index (χ0n) is 21.6. The molecule has 0 fully saturated rings. The molecule has 2 aromatic heterocycles. The first-order valence-electron chi connectivity index (χ1n) is 12.5. The minimum absolute atomic E-state index is 0.122. The largest absolute Gasteiger partial charge is 0.321 e. The number of carbonyl (C=O) groups is 3. The van der Waals surface area contributed by atoms with Crippen LogP contribution in [0.25, 0.3) is 17.3 Å². The summed E-state index contributed by atoms with van der Waals surface area (Å²) >= 11 is 4.18. The number of nitrogens with zero attached hydrogens (tertiary/aromatic N) is 1. The van der Waals surface area contributed by atoms with Gasteiger partial charge in [-0.2, -0.15) is 0 Å². The molecule has 0 aliphatic heterocycles. The highest BCUT2D eigenvalue weighted by Crippen LogP contribution is 2.26. The molecule has 0 bridgehead atoms. The molecule has 0 aliphatic carbocycles. The lowest BCUT2D eigenvalue weighted by molar-refractivity contribution is -0.114. The summed E-state index contributed by atoms with van der Waals surface area (Å²) in [7, 11) is 0. The Morgan fingerprint density at radius 2 is 1.61 bits per heavy atom. The Hall–Kier alpha value is -4.51. The summed E-state index contributed by atoms with van der Waals surface area (Å²) in [5, 5.41) is 12.8. The number of aromatic nitrogens is 1. The Kier molecular flexibility index (Phi) is 9.37. The molecule has 0 atom stereocenters. The van der Waals surface area contributed by atoms with Crippen LogP contribution in [-0.4, -0.2) is 28.5 Å². The third-order valence-corrected chi connectivity index (χ3v) is 8.21. The van der Waals surface area contributed by atoms with E-state index in [1.54, 1.807) is 48.5 Å². The number of thioether (sulfide) groups is 1. The second-order valence-electron chi connectivity index (χ2n) is 8.62. The zero-order valence-corrected chi connectivity index (χ0v) is 24.0. The van der Waals surface area contributed by atoms with Gasteiger partial charge in [-0.25, -0.2) is 4.98 Å². The van der Waals surface area contributed by atoms with Gasteiger partial charge in [0.25, 0.3) is 11.8 Å². The predicted octanol–water partition coefficient (Wildman–Crippen LogP) is 7.01. The van der Waals surface area contributed by atoms with Crippen molar-refractivity contribution in [3.05, 3.63) is 124 Å². The van der Waals surface area contributed by atoms with Gasteiger partial charge in [-0.3, -0.25) is 14.4 Å². The number of hydrogen-bond acceptors (Lipinski definition) is 7. The Bertz CT molecular complexity index is 1670. The van der Waals surface area contributed by atoms with Crippen molar-refractivity contribution < 1.29 is 14.4 Å². The summed E-state index contributed by atoms with van der Waals surface area (Å²) in [6.45, 7) is 0. The fraction of sp³-hybridized carbons (Fsp3) is 0.0323. The van der Waals surface area contributed by atoms with Crippen LogP contribution in [0.3, 0.4) is 0 Å². The van der Waals surface area contributed by atoms with Crippen molar-refractivity contribution in [1.82, 2.24) is 10.3 Å². The lowest BCUT2D eigenvalue weighted by atomic mass is 10.2. The average Bonchev–Trinajstić information content (AvgIpc) is 3.69. The van der Waals surface area contributed by atoms with Crippen molar-refractivity contribution in [3.63, 3.8) is 0 Å². The SMILES string of the molecule is O=C(CSc1cccc(NC(=O)/C(=C/c2cccs2)NC(=O)c2ccccc2)c1)Nc1nc(-c2ccccc2)cs1. The van der Waals surface area contributed by atoms with Gasteiger partial charge in [0.15, 0.2) is 5.13 Å². The smallest absolute Gasteiger partial charge is 0.272 e. The summed E-state index contributed by atoms with van der Waals surface area (Å²) in [6, 6.07) is 29.4. The Balaban J connectivity index is 1.20. The number of amides is 3. The maximum atomic E-state index is 13.2. The van der Waals surface area contributed by atoms with Gasteiger partial charge in [-0.05, 0) is 47.9 Å². The fourth-order valence-corrected chi connectivity index (χ4v) is 5.85. The molecule has 0 spiro atoms. The van der Waals surface area contributed by atoms with E-state index in [1.807, 2.05) is 65.4 Å². The van der Waals surface area contributed by atoms with Gasteiger partial charge in [0, 0.05) is 32.0 Å². The monoisotopic (exact) mass is 596 g/mol. The standard InChI is InChI=1S/C31H24N4O3S3/c36-28(35-31-34-27(19-41-31)21-9-3-1-4-10-21)20-40-24-14-7-13-23(17-24)32-30(38)26(18-25-15-8-16-39-25)33-29(37)22-11-5-2-6-12-22/h1-19H,20H2,(H,32,38)(H,33,37)(H,34,35,36)/b26-18-. The quantitative estimate of drug-likeness (QED) is 0.119. The molecule has 3 N–H and O–H groups in total. The van der Waals surface area contributed by atoms with Crippen LogP contribution in [0, 0.1) is 0 Å². The molecule has 7 nitrogen and oxygen atoms in total. The topological polar surface area (TPSA) is 100 Å². The molecule has 0 saturated heterocycles. The van der Waals surface area contributed by atoms with Crippen molar-refractivity contribution in [2.24, 2.45) is 0 Å². The van der Waals surface area contributed by atoms with Crippen molar-refractivity contribution in [1.29, 1.82) is 0 Å². The molecular formula is C31H24N4O3S3. The summed E-state index contributed by atoms with van der Waals surface area (Å²) in [5.74, 6) is -0.840. The number of benzene rings is 3. The Morgan fingerprint density at radius 1 is 0.829 bits per heavy atom. The van der Waals surface area contributed by atoms with Gasteiger partial charge in [0.05, 0.1) is 11.4 Å². The van der Waals surface area contributed by atoms with E-state index in [4.69, 9.17) is 0 Å². The van der Waals surface area contributed by atoms with E-state index in [-0.39, 0.29) is 23.3 Å². The van der Waals surface area contributed by atoms with E-state index in [0.29, 0.717) is 16.4 Å². The molecular weight excluding hydrogens is 573 g/mol. The van der Waals surface area contributed by atoms with Crippen LogP contribution < -0.4 is 16.0 Å². The highest BCUT2D eigenvalue weighted by atomic mass is 32.2. The lowest BCUT2D eigenvalue weighted by Crippen LogP contribution is -2.30. The van der Waals surface area contributed by atoms with Crippen LogP contribution >= 0.6 is 34.4 Å². The zero-order chi connectivity index (χ0) is 28.4. The molecule has 10 heteroatoms. The van der Waals surface area contributed by atoms with Crippen molar-refractivity contribution in [3.8, 4) is 11.3 Å². The van der Waals surface area contributed by atoms with Crippen LogP contribution in [0.5, 0.6) is 0 Å². The van der Waals surface area contributed by atoms with Crippen molar-refractivity contribution >= 4 is 69.1 Å². The van der Waals surface area contributed by atoms with Gasteiger partial charge in [0.1, 0.15) is 5.70 Å². The van der Waals surface area contributed by atoms with Crippen LogP contribution in [-0.2, 0) is 9.59 Å². The van der Waals surface area contributed by atoms with Crippen LogP contribution in [0.2, 0.25) is 0 Å². The van der Waals surface area contributed by atoms with Crippen molar-refractivity contribution in [2.75, 3.05) is 16.4 Å². The van der Waals surface area contributed by atoms with Gasteiger partial charge in [0.2, 0.25) is 5.91 Å². The minimum atomic E-state index is -0.458. The van der Waals surface area contributed by atoms with E-state index >= 15 is 0 Å². The van der Waals surface area contributed by atoms with E-state index in [2.05, 4.69) is 20.9 Å². The number of thiazole rings is 1. The molecule has 3 amide bonds. The Morgan fingerprint density at radius 3 is 2.37 bits per heavy atom. The number of hydrogen-bond donors (Lipinski definition) is 3. The first kappa shape index (κ1) is 28.0.